The summed E-state index contributed by atoms with van der Waals surface area (Å²) in [4.78, 5) is 26.0. The van der Waals surface area contributed by atoms with Crippen LogP contribution >= 0.6 is 0 Å². The molecule has 1 rings (SSSR count). The number of hydrogen-bond acceptors (Lipinski definition) is 3. The van der Waals surface area contributed by atoms with Gasteiger partial charge in [-0.05, 0) is 20.4 Å². The minimum absolute atomic E-state index is 0.368. The van der Waals surface area contributed by atoms with Gasteiger partial charge in [0.25, 0.3) is 0 Å². The van der Waals surface area contributed by atoms with Gasteiger partial charge in [0.15, 0.2) is 0 Å². The fourth-order valence-electron chi connectivity index (χ4n) is 1.48. The Bertz CT molecular complexity index is 255. The Morgan fingerprint density at radius 2 is 2.00 bits per heavy atom. The molecule has 0 aliphatic carbocycles. The van der Waals surface area contributed by atoms with Crippen LogP contribution in [0.15, 0.2) is 0 Å². The zero-order valence-electron chi connectivity index (χ0n) is 9.62. The van der Waals surface area contributed by atoms with E-state index in [1.807, 2.05) is 7.05 Å². The summed E-state index contributed by atoms with van der Waals surface area (Å²) < 4.78 is 0. The number of likely N-dealkylation sites (N-methyl/N-ethyl adjacent to an activating group) is 1. The second-order valence-electron chi connectivity index (χ2n) is 4.00. The molecule has 1 heterocycles. The van der Waals surface area contributed by atoms with Crippen LogP contribution in [0.3, 0.4) is 0 Å². The standard InChI is InChI=1S/C10H19N3O2/c1-8(11-2)4-5-13-7-6-12(3)9(14)10(13)15/h8,11H,4-7H2,1-3H3. The van der Waals surface area contributed by atoms with Gasteiger partial charge in [0, 0.05) is 32.7 Å². The molecular weight excluding hydrogens is 194 g/mol. The highest BCUT2D eigenvalue weighted by Gasteiger charge is 2.29. The second kappa shape index (κ2) is 5.11. The van der Waals surface area contributed by atoms with E-state index in [2.05, 4.69) is 12.2 Å². The van der Waals surface area contributed by atoms with Crippen molar-refractivity contribution in [2.45, 2.75) is 19.4 Å². The topological polar surface area (TPSA) is 52.6 Å². The zero-order chi connectivity index (χ0) is 11.4. The minimum atomic E-state index is -0.390. The summed E-state index contributed by atoms with van der Waals surface area (Å²) in [6.07, 6.45) is 0.874. The van der Waals surface area contributed by atoms with E-state index in [1.165, 1.54) is 4.90 Å². The molecule has 0 aromatic heterocycles. The summed E-state index contributed by atoms with van der Waals surface area (Å²) in [6.45, 7) is 4.00. The summed E-state index contributed by atoms with van der Waals surface area (Å²) in [5.74, 6) is -0.759. The fourth-order valence-corrected chi connectivity index (χ4v) is 1.48. The number of hydrogen-bond donors (Lipinski definition) is 1. The van der Waals surface area contributed by atoms with Gasteiger partial charge in [-0.1, -0.05) is 0 Å². The molecule has 0 saturated carbocycles. The monoisotopic (exact) mass is 213 g/mol. The zero-order valence-corrected chi connectivity index (χ0v) is 9.62. The van der Waals surface area contributed by atoms with Gasteiger partial charge in [0.2, 0.25) is 0 Å². The van der Waals surface area contributed by atoms with E-state index >= 15 is 0 Å². The predicted molar refractivity (Wildman–Crippen MR) is 57.4 cm³/mol. The van der Waals surface area contributed by atoms with Crippen molar-refractivity contribution in [1.82, 2.24) is 15.1 Å². The number of carbonyl (C=O) groups excluding carboxylic acids is 2. The lowest BCUT2D eigenvalue weighted by Crippen LogP contribution is -2.53. The lowest BCUT2D eigenvalue weighted by atomic mass is 10.2. The molecule has 86 valence electrons. The van der Waals surface area contributed by atoms with Gasteiger partial charge in [0.1, 0.15) is 0 Å². The van der Waals surface area contributed by atoms with E-state index in [-0.39, 0.29) is 5.91 Å². The maximum atomic E-state index is 11.6. The average molecular weight is 213 g/mol. The Hall–Kier alpha value is -1.10. The first-order chi connectivity index (χ1) is 7.06. The van der Waals surface area contributed by atoms with Gasteiger partial charge in [-0.2, -0.15) is 0 Å². The molecule has 0 aromatic carbocycles. The number of nitrogens with one attached hydrogen (secondary N) is 1. The molecule has 5 heteroatoms. The van der Waals surface area contributed by atoms with Crippen LogP contribution in [-0.4, -0.2) is 61.4 Å². The van der Waals surface area contributed by atoms with Crippen molar-refractivity contribution in [3.63, 3.8) is 0 Å². The third-order valence-electron chi connectivity index (χ3n) is 2.85. The number of rotatable bonds is 4. The Labute approximate surface area is 90.4 Å². The smallest absolute Gasteiger partial charge is 0.312 e. The summed E-state index contributed by atoms with van der Waals surface area (Å²) >= 11 is 0. The number of nitrogens with zero attached hydrogens (tertiary/aromatic N) is 2. The van der Waals surface area contributed by atoms with E-state index in [9.17, 15) is 9.59 Å². The highest BCUT2D eigenvalue weighted by molar-refractivity contribution is 6.35. The molecule has 1 aliphatic heterocycles. The predicted octanol–water partition coefficient (Wildman–Crippen LogP) is -0.715. The largest absolute Gasteiger partial charge is 0.336 e. The maximum absolute atomic E-state index is 11.6. The van der Waals surface area contributed by atoms with Crippen LogP contribution in [0.4, 0.5) is 0 Å². The summed E-state index contributed by atoms with van der Waals surface area (Å²) in [5.41, 5.74) is 0. The summed E-state index contributed by atoms with van der Waals surface area (Å²) in [5, 5.41) is 3.11. The molecule has 5 nitrogen and oxygen atoms in total. The van der Waals surface area contributed by atoms with Crippen molar-refractivity contribution in [3.05, 3.63) is 0 Å². The van der Waals surface area contributed by atoms with Crippen LogP contribution in [0.1, 0.15) is 13.3 Å². The van der Waals surface area contributed by atoms with Crippen LogP contribution in [-0.2, 0) is 9.59 Å². The van der Waals surface area contributed by atoms with Gasteiger partial charge in [-0.3, -0.25) is 9.59 Å². The third kappa shape index (κ3) is 2.92. The average Bonchev–Trinajstić information content (AvgIpc) is 2.24. The molecule has 1 aliphatic rings. The van der Waals surface area contributed by atoms with Crippen molar-refractivity contribution in [2.24, 2.45) is 0 Å². The van der Waals surface area contributed by atoms with Gasteiger partial charge in [-0.25, -0.2) is 0 Å². The first-order valence-corrected chi connectivity index (χ1v) is 5.28. The van der Waals surface area contributed by atoms with Gasteiger partial charge in [0.05, 0.1) is 0 Å². The molecule has 0 radical (unpaired) electrons. The summed E-state index contributed by atoms with van der Waals surface area (Å²) in [6, 6.07) is 0.368. The van der Waals surface area contributed by atoms with Crippen LogP contribution < -0.4 is 5.32 Å². The van der Waals surface area contributed by atoms with Gasteiger partial charge < -0.3 is 15.1 Å². The van der Waals surface area contributed by atoms with Crippen molar-refractivity contribution >= 4 is 11.8 Å². The molecule has 1 unspecified atom stereocenters. The third-order valence-corrected chi connectivity index (χ3v) is 2.85. The molecule has 1 N–H and O–H groups in total. The van der Waals surface area contributed by atoms with Gasteiger partial charge >= 0.3 is 11.8 Å². The highest BCUT2D eigenvalue weighted by atomic mass is 16.2. The highest BCUT2D eigenvalue weighted by Crippen LogP contribution is 2.04. The molecule has 0 spiro atoms. The molecule has 1 saturated heterocycles. The van der Waals surface area contributed by atoms with E-state index in [0.29, 0.717) is 25.7 Å². The number of carbonyl (C=O) groups is 2. The van der Waals surface area contributed by atoms with E-state index < -0.39 is 5.91 Å². The van der Waals surface area contributed by atoms with E-state index in [0.717, 1.165) is 6.42 Å². The molecule has 0 bridgehead atoms. The van der Waals surface area contributed by atoms with Crippen molar-refractivity contribution < 1.29 is 9.59 Å². The van der Waals surface area contributed by atoms with Gasteiger partial charge in [-0.15, -0.1) is 0 Å². The Morgan fingerprint density at radius 1 is 1.33 bits per heavy atom. The molecule has 1 atom stereocenters. The molecule has 2 amide bonds. The summed E-state index contributed by atoms with van der Waals surface area (Å²) in [7, 11) is 3.55. The molecule has 15 heavy (non-hydrogen) atoms. The number of piperazine rings is 1. The van der Waals surface area contributed by atoms with E-state index in [4.69, 9.17) is 0 Å². The SMILES string of the molecule is CNC(C)CCN1CCN(C)C(=O)C1=O. The number of amides is 2. The maximum Gasteiger partial charge on any atom is 0.312 e. The second-order valence-corrected chi connectivity index (χ2v) is 4.00. The Balaban J connectivity index is 2.43. The van der Waals surface area contributed by atoms with Crippen LogP contribution in [0.5, 0.6) is 0 Å². The minimum Gasteiger partial charge on any atom is -0.336 e. The normalized spacial score (nSPS) is 19.7. The fraction of sp³-hybridized carbons (Fsp3) is 0.800. The van der Waals surface area contributed by atoms with Crippen LogP contribution in [0.2, 0.25) is 0 Å². The van der Waals surface area contributed by atoms with Crippen molar-refractivity contribution in [3.8, 4) is 0 Å². The quantitative estimate of drug-likeness (QED) is 0.627. The van der Waals surface area contributed by atoms with Crippen molar-refractivity contribution in [2.75, 3.05) is 33.7 Å². The Morgan fingerprint density at radius 3 is 2.60 bits per heavy atom. The molecule has 0 aromatic rings. The van der Waals surface area contributed by atoms with E-state index in [1.54, 1.807) is 11.9 Å². The Kier molecular flexibility index (Phi) is 4.08. The van der Waals surface area contributed by atoms with Crippen molar-refractivity contribution in [1.29, 1.82) is 0 Å². The molecule has 1 fully saturated rings. The molecular formula is C10H19N3O2. The first kappa shape index (κ1) is 12.0. The van der Waals surface area contributed by atoms with Crippen LogP contribution in [0.25, 0.3) is 0 Å². The lowest BCUT2D eigenvalue weighted by Gasteiger charge is -2.32. The lowest BCUT2D eigenvalue weighted by molar-refractivity contribution is -0.155. The van der Waals surface area contributed by atoms with Crippen LogP contribution in [0, 0.1) is 0 Å². The first-order valence-electron chi connectivity index (χ1n) is 5.28.